The van der Waals surface area contributed by atoms with Crippen LogP contribution in [0.2, 0.25) is 5.02 Å². The van der Waals surface area contributed by atoms with Crippen LogP contribution in [0.15, 0.2) is 53.7 Å². The predicted molar refractivity (Wildman–Crippen MR) is 117 cm³/mol. The number of para-hydroxylation sites is 3. The summed E-state index contributed by atoms with van der Waals surface area (Å²) < 4.78 is 13.8. The Morgan fingerprint density at radius 3 is 2.73 bits per heavy atom. The Morgan fingerprint density at radius 2 is 1.87 bits per heavy atom. The zero-order valence-corrected chi connectivity index (χ0v) is 18.1. The van der Waals surface area contributed by atoms with Gasteiger partial charge < -0.3 is 14.0 Å². The SMILES string of the molecule is Cc1c(Cl)c(CSc2nnc(C3COc4ccccc4O3)n2C)nc2ccccc12. The maximum atomic E-state index is 6.60. The van der Waals surface area contributed by atoms with E-state index in [1.807, 2.05) is 67.1 Å². The molecule has 2 aromatic carbocycles. The van der Waals surface area contributed by atoms with Crippen molar-refractivity contribution < 1.29 is 9.47 Å². The summed E-state index contributed by atoms with van der Waals surface area (Å²) >= 11 is 8.15. The summed E-state index contributed by atoms with van der Waals surface area (Å²) in [6.07, 6.45) is -0.309. The van der Waals surface area contributed by atoms with Gasteiger partial charge in [-0.25, -0.2) is 0 Å². The summed E-state index contributed by atoms with van der Waals surface area (Å²) in [5.74, 6) is 2.79. The third-order valence-electron chi connectivity index (χ3n) is 5.15. The number of thioether (sulfide) groups is 1. The number of rotatable bonds is 4. The van der Waals surface area contributed by atoms with Gasteiger partial charge in [0.05, 0.1) is 16.2 Å². The van der Waals surface area contributed by atoms with E-state index in [9.17, 15) is 0 Å². The third-order valence-corrected chi connectivity index (χ3v) is 6.68. The molecule has 1 aliphatic rings. The fourth-order valence-electron chi connectivity index (χ4n) is 3.52. The first-order valence-electron chi connectivity index (χ1n) is 9.56. The molecule has 1 atom stereocenters. The van der Waals surface area contributed by atoms with Crippen molar-refractivity contribution in [2.75, 3.05) is 6.61 Å². The minimum atomic E-state index is -0.309. The molecule has 8 heteroatoms. The molecule has 0 N–H and O–H groups in total. The lowest BCUT2D eigenvalue weighted by atomic mass is 10.1. The van der Waals surface area contributed by atoms with Crippen LogP contribution in [-0.2, 0) is 12.8 Å². The number of benzene rings is 2. The van der Waals surface area contributed by atoms with Crippen LogP contribution < -0.4 is 9.47 Å². The average molecular weight is 439 g/mol. The highest BCUT2D eigenvalue weighted by Crippen LogP contribution is 2.36. The monoisotopic (exact) mass is 438 g/mol. The van der Waals surface area contributed by atoms with Crippen LogP contribution in [0, 0.1) is 6.92 Å². The van der Waals surface area contributed by atoms with Gasteiger partial charge in [0.2, 0.25) is 0 Å². The quantitative estimate of drug-likeness (QED) is 0.411. The number of nitrogens with zero attached hydrogens (tertiary/aromatic N) is 4. The number of aryl methyl sites for hydroxylation is 1. The molecule has 0 fully saturated rings. The van der Waals surface area contributed by atoms with E-state index in [-0.39, 0.29) is 6.10 Å². The molecule has 5 rings (SSSR count). The number of aromatic nitrogens is 4. The fourth-order valence-corrected chi connectivity index (χ4v) is 4.68. The standard InChI is InChI=1S/C22H19ClN4O2S/c1-13-14-7-3-4-8-15(14)24-16(20(13)23)12-30-22-26-25-21(27(22)2)19-11-28-17-9-5-6-10-18(17)29-19/h3-10,19H,11-12H2,1-2H3. The number of halogens is 1. The Labute approximate surface area is 183 Å². The lowest BCUT2D eigenvalue weighted by molar-refractivity contribution is 0.0825. The van der Waals surface area contributed by atoms with Crippen LogP contribution in [-0.4, -0.2) is 26.4 Å². The molecule has 1 unspecified atom stereocenters. The lowest BCUT2D eigenvalue weighted by Crippen LogP contribution is -2.24. The van der Waals surface area contributed by atoms with E-state index in [4.69, 9.17) is 26.1 Å². The molecule has 4 aromatic rings. The Bertz CT molecular complexity index is 1240. The zero-order chi connectivity index (χ0) is 20.7. The molecule has 6 nitrogen and oxygen atoms in total. The molecule has 0 spiro atoms. The number of hydrogen-bond donors (Lipinski definition) is 0. The van der Waals surface area contributed by atoms with Crippen molar-refractivity contribution in [1.82, 2.24) is 19.7 Å². The summed E-state index contributed by atoms with van der Waals surface area (Å²) in [4.78, 5) is 4.75. The summed E-state index contributed by atoms with van der Waals surface area (Å²) in [5, 5.41) is 11.2. The normalized spacial score (nSPS) is 15.5. The predicted octanol–water partition coefficient (Wildman–Crippen LogP) is 5.13. The van der Waals surface area contributed by atoms with E-state index in [1.54, 1.807) is 11.8 Å². The molecule has 0 radical (unpaired) electrons. The number of fused-ring (bicyclic) bond motifs is 2. The second kappa shape index (κ2) is 7.81. The van der Waals surface area contributed by atoms with Crippen LogP contribution in [0.1, 0.15) is 23.2 Å². The van der Waals surface area contributed by atoms with Crippen LogP contribution >= 0.6 is 23.4 Å². The van der Waals surface area contributed by atoms with Crippen LogP contribution in [0.5, 0.6) is 11.5 Å². The first-order chi connectivity index (χ1) is 14.6. The van der Waals surface area contributed by atoms with E-state index < -0.39 is 0 Å². The molecule has 1 aliphatic heterocycles. The van der Waals surface area contributed by atoms with Gasteiger partial charge in [0.1, 0.15) is 6.61 Å². The fraction of sp³-hybridized carbons (Fsp3) is 0.227. The van der Waals surface area contributed by atoms with E-state index in [0.29, 0.717) is 23.1 Å². The molecule has 0 amide bonds. The van der Waals surface area contributed by atoms with Crippen molar-refractivity contribution in [2.24, 2.45) is 7.05 Å². The second-order valence-corrected chi connectivity index (χ2v) is 8.39. The van der Waals surface area contributed by atoms with Gasteiger partial charge in [-0.3, -0.25) is 4.98 Å². The molecule has 0 aliphatic carbocycles. The van der Waals surface area contributed by atoms with Crippen molar-refractivity contribution in [3.05, 3.63) is 70.6 Å². The molecule has 0 saturated heterocycles. The van der Waals surface area contributed by atoms with Gasteiger partial charge in [0.25, 0.3) is 0 Å². The Hall–Kier alpha value is -2.77. The minimum absolute atomic E-state index is 0.309. The van der Waals surface area contributed by atoms with Gasteiger partial charge >= 0.3 is 0 Å². The zero-order valence-electron chi connectivity index (χ0n) is 16.5. The minimum Gasteiger partial charge on any atom is -0.485 e. The molecule has 0 bridgehead atoms. The largest absolute Gasteiger partial charge is 0.485 e. The highest BCUT2D eigenvalue weighted by atomic mass is 35.5. The van der Waals surface area contributed by atoms with Gasteiger partial charge in [0, 0.05) is 18.2 Å². The number of hydrogen-bond acceptors (Lipinski definition) is 6. The highest BCUT2D eigenvalue weighted by molar-refractivity contribution is 7.98. The molecule has 152 valence electrons. The number of pyridine rings is 1. The van der Waals surface area contributed by atoms with Gasteiger partial charge in [0.15, 0.2) is 28.6 Å². The van der Waals surface area contributed by atoms with Gasteiger partial charge in [-0.1, -0.05) is 53.7 Å². The van der Waals surface area contributed by atoms with Crippen molar-refractivity contribution in [2.45, 2.75) is 23.9 Å². The molecule has 3 heterocycles. The smallest absolute Gasteiger partial charge is 0.192 e. The maximum absolute atomic E-state index is 6.60. The van der Waals surface area contributed by atoms with Crippen LogP contribution in [0.25, 0.3) is 10.9 Å². The maximum Gasteiger partial charge on any atom is 0.192 e. The van der Waals surface area contributed by atoms with Crippen LogP contribution in [0.3, 0.4) is 0 Å². The molecule has 30 heavy (non-hydrogen) atoms. The topological polar surface area (TPSA) is 62.1 Å². The summed E-state index contributed by atoms with van der Waals surface area (Å²) in [6, 6.07) is 15.7. The molecular formula is C22H19ClN4O2S. The van der Waals surface area contributed by atoms with Crippen molar-refractivity contribution in [1.29, 1.82) is 0 Å². The average Bonchev–Trinajstić information content (AvgIpc) is 3.15. The summed E-state index contributed by atoms with van der Waals surface area (Å²) in [7, 11) is 1.93. The second-order valence-electron chi connectivity index (χ2n) is 7.07. The Kier molecular flexibility index (Phi) is 5.00. The molecule has 0 saturated carbocycles. The first kappa shape index (κ1) is 19.2. The molecular weight excluding hydrogens is 420 g/mol. The Morgan fingerprint density at radius 1 is 1.10 bits per heavy atom. The van der Waals surface area contributed by atoms with E-state index in [1.165, 1.54) is 0 Å². The lowest BCUT2D eigenvalue weighted by Gasteiger charge is -2.25. The summed E-state index contributed by atoms with van der Waals surface area (Å²) in [6.45, 7) is 2.42. The first-order valence-corrected chi connectivity index (χ1v) is 10.9. The van der Waals surface area contributed by atoms with Gasteiger partial charge in [-0.05, 0) is 30.7 Å². The molecule has 2 aromatic heterocycles. The van der Waals surface area contributed by atoms with Crippen molar-refractivity contribution in [3.8, 4) is 11.5 Å². The van der Waals surface area contributed by atoms with Crippen molar-refractivity contribution >= 4 is 34.3 Å². The summed E-state index contributed by atoms with van der Waals surface area (Å²) in [5.41, 5.74) is 2.83. The van der Waals surface area contributed by atoms with Gasteiger partial charge in [-0.15, -0.1) is 10.2 Å². The van der Waals surface area contributed by atoms with Crippen LogP contribution in [0.4, 0.5) is 0 Å². The van der Waals surface area contributed by atoms with E-state index in [0.717, 1.165) is 38.9 Å². The third kappa shape index (κ3) is 3.38. The highest BCUT2D eigenvalue weighted by Gasteiger charge is 2.27. The van der Waals surface area contributed by atoms with E-state index in [2.05, 4.69) is 10.2 Å². The number of ether oxygens (including phenoxy) is 2. The Balaban J connectivity index is 1.36. The van der Waals surface area contributed by atoms with Gasteiger partial charge in [-0.2, -0.15) is 0 Å². The van der Waals surface area contributed by atoms with E-state index >= 15 is 0 Å². The van der Waals surface area contributed by atoms with Crippen molar-refractivity contribution in [3.63, 3.8) is 0 Å².